The lowest BCUT2D eigenvalue weighted by atomic mass is 10.1. The summed E-state index contributed by atoms with van der Waals surface area (Å²) in [4.78, 5) is 28.2. The summed E-state index contributed by atoms with van der Waals surface area (Å²) in [5.74, 6) is -0.289. The summed E-state index contributed by atoms with van der Waals surface area (Å²) < 4.78 is 26.6. The molecule has 0 saturated heterocycles. The number of anilines is 1. The SMILES string of the molecule is CC[C@@H](C)NC(=O)[C@@H](CC)N(CCc1ccccc1)C(=O)CCCN(c1cccc(C)c1C)S(C)(=O)=O. The topological polar surface area (TPSA) is 86.8 Å². The van der Waals surface area contributed by atoms with Gasteiger partial charge in [-0.25, -0.2) is 8.42 Å². The van der Waals surface area contributed by atoms with Gasteiger partial charge in [-0.1, -0.05) is 56.3 Å². The van der Waals surface area contributed by atoms with Gasteiger partial charge in [0, 0.05) is 25.6 Å². The van der Waals surface area contributed by atoms with E-state index in [9.17, 15) is 18.0 Å². The molecular formula is C29H43N3O4S. The molecule has 0 aliphatic rings. The summed E-state index contributed by atoms with van der Waals surface area (Å²) in [5, 5.41) is 3.02. The first-order valence-electron chi connectivity index (χ1n) is 13.2. The van der Waals surface area contributed by atoms with Crippen LogP contribution >= 0.6 is 0 Å². The molecule has 0 aromatic heterocycles. The Morgan fingerprint density at radius 3 is 2.22 bits per heavy atom. The van der Waals surface area contributed by atoms with Gasteiger partial charge in [-0.3, -0.25) is 13.9 Å². The number of amides is 2. The lowest BCUT2D eigenvalue weighted by Crippen LogP contribution is -2.51. The van der Waals surface area contributed by atoms with Crippen LogP contribution in [0.1, 0.15) is 63.1 Å². The second kappa shape index (κ2) is 14.2. The Balaban J connectivity index is 2.20. The summed E-state index contributed by atoms with van der Waals surface area (Å²) >= 11 is 0. The lowest BCUT2D eigenvalue weighted by molar-refractivity contribution is -0.141. The maximum Gasteiger partial charge on any atom is 0.243 e. The zero-order chi connectivity index (χ0) is 27.6. The Kier molecular flexibility index (Phi) is 11.6. The summed E-state index contributed by atoms with van der Waals surface area (Å²) in [6.45, 7) is 10.3. The molecule has 2 atom stereocenters. The Hall–Kier alpha value is -2.87. The number of rotatable bonds is 14. The molecule has 0 radical (unpaired) electrons. The molecule has 0 fully saturated rings. The lowest BCUT2D eigenvalue weighted by Gasteiger charge is -2.32. The normalized spacial score (nSPS) is 13.0. The third-order valence-corrected chi connectivity index (χ3v) is 8.05. The van der Waals surface area contributed by atoms with E-state index in [-0.39, 0.29) is 30.8 Å². The fraction of sp³-hybridized carbons (Fsp3) is 0.517. The quantitative estimate of drug-likeness (QED) is 0.387. The molecular weight excluding hydrogens is 486 g/mol. The van der Waals surface area contributed by atoms with Crippen LogP contribution in [0.15, 0.2) is 48.5 Å². The van der Waals surface area contributed by atoms with Gasteiger partial charge >= 0.3 is 0 Å². The monoisotopic (exact) mass is 529 g/mol. The van der Waals surface area contributed by atoms with Crippen LogP contribution in [0.3, 0.4) is 0 Å². The van der Waals surface area contributed by atoms with Crippen LogP contribution in [0.2, 0.25) is 0 Å². The Morgan fingerprint density at radius 1 is 0.946 bits per heavy atom. The van der Waals surface area contributed by atoms with Crippen molar-refractivity contribution >= 4 is 27.5 Å². The smallest absolute Gasteiger partial charge is 0.243 e. The van der Waals surface area contributed by atoms with Gasteiger partial charge in [0.2, 0.25) is 21.8 Å². The van der Waals surface area contributed by atoms with E-state index in [0.29, 0.717) is 31.5 Å². The third-order valence-electron chi connectivity index (χ3n) is 6.87. The van der Waals surface area contributed by atoms with Crippen molar-refractivity contribution in [3.05, 3.63) is 65.2 Å². The fourth-order valence-electron chi connectivity index (χ4n) is 4.33. The molecule has 0 spiro atoms. The highest BCUT2D eigenvalue weighted by Gasteiger charge is 2.29. The van der Waals surface area contributed by atoms with E-state index in [1.54, 1.807) is 11.0 Å². The number of nitrogens with one attached hydrogen (secondary N) is 1. The van der Waals surface area contributed by atoms with Crippen molar-refractivity contribution in [1.82, 2.24) is 10.2 Å². The van der Waals surface area contributed by atoms with Crippen molar-refractivity contribution in [3.63, 3.8) is 0 Å². The van der Waals surface area contributed by atoms with Crippen molar-refractivity contribution in [3.8, 4) is 0 Å². The first-order valence-corrected chi connectivity index (χ1v) is 15.0. The molecule has 0 aliphatic carbocycles. The minimum atomic E-state index is -3.53. The highest BCUT2D eigenvalue weighted by molar-refractivity contribution is 7.92. The van der Waals surface area contributed by atoms with Crippen LogP contribution in [-0.2, 0) is 26.0 Å². The van der Waals surface area contributed by atoms with E-state index in [0.717, 1.165) is 23.1 Å². The molecule has 7 nitrogen and oxygen atoms in total. The van der Waals surface area contributed by atoms with Gasteiger partial charge in [0.05, 0.1) is 11.9 Å². The summed E-state index contributed by atoms with van der Waals surface area (Å²) in [5.41, 5.74) is 3.63. The van der Waals surface area contributed by atoms with Gasteiger partial charge in [-0.05, 0) is 69.2 Å². The highest BCUT2D eigenvalue weighted by atomic mass is 32.2. The molecule has 0 heterocycles. The molecule has 0 bridgehead atoms. The predicted molar refractivity (Wildman–Crippen MR) is 151 cm³/mol. The molecule has 0 saturated carbocycles. The van der Waals surface area contributed by atoms with Crippen molar-refractivity contribution < 1.29 is 18.0 Å². The molecule has 2 aromatic rings. The van der Waals surface area contributed by atoms with E-state index in [1.165, 1.54) is 10.6 Å². The zero-order valence-corrected chi connectivity index (χ0v) is 24.0. The maximum absolute atomic E-state index is 13.5. The standard InChI is InChI=1S/C29H43N3O4S/c1-7-23(4)30-29(34)26(8-2)31(21-19-25-15-10-9-11-16-25)28(33)18-13-20-32(37(6,35)36)27-17-12-14-22(3)24(27)5/h9-12,14-17,23,26H,7-8,13,18-21H2,1-6H3,(H,30,34)/t23-,26-/m1/s1. The Labute approximate surface area is 223 Å². The predicted octanol–water partition coefficient (Wildman–Crippen LogP) is 4.61. The van der Waals surface area contributed by atoms with E-state index in [1.807, 2.05) is 77.1 Å². The maximum atomic E-state index is 13.5. The Morgan fingerprint density at radius 2 is 1.62 bits per heavy atom. The molecule has 0 unspecified atom stereocenters. The summed E-state index contributed by atoms with van der Waals surface area (Å²) in [6, 6.07) is 14.9. The average Bonchev–Trinajstić information content (AvgIpc) is 2.86. The number of carbonyl (C=O) groups excluding carboxylic acids is 2. The number of carbonyl (C=O) groups is 2. The van der Waals surface area contributed by atoms with Gasteiger partial charge < -0.3 is 10.2 Å². The second-order valence-corrected chi connectivity index (χ2v) is 11.6. The van der Waals surface area contributed by atoms with E-state index in [2.05, 4.69) is 5.32 Å². The molecule has 1 N–H and O–H groups in total. The van der Waals surface area contributed by atoms with Crippen LogP contribution in [0.4, 0.5) is 5.69 Å². The molecule has 2 amide bonds. The first kappa shape index (κ1) is 30.4. The number of benzene rings is 2. The van der Waals surface area contributed by atoms with Crippen molar-refractivity contribution in [2.75, 3.05) is 23.7 Å². The fourth-order valence-corrected chi connectivity index (χ4v) is 5.34. The minimum absolute atomic E-state index is 0.0218. The molecule has 2 aromatic carbocycles. The number of aryl methyl sites for hydroxylation is 1. The Bertz CT molecular complexity index is 1140. The number of sulfonamides is 1. The third kappa shape index (κ3) is 8.88. The van der Waals surface area contributed by atoms with Crippen LogP contribution in [0.25, 0.3) is 0 Å². The second-order valence-electron chi connectivity index (χ2n) is 9.72. The van der Waals surface area contributed by atoms with Crippen molar-refractivity contribution in [1.29, 1.82) is 0 Å². The zero-order valence-electron chi connectivity index (χ0n) is 23.2. The highest BCUT2D eigenvalue weighted by Crippen LogP contribution is 2.25. The number of nitrogens with zero attached hydrogens (tertiary/aromatic N) is 2. The minimum Gasteiger partial charge on any atom is -0.352 e. The summed E-state index contributed by atoms with van der Waals surface area (Å²) in [6.07, 6.45) is 3.64. The van der Waals surface area contributed by atoms with Gasteiger partial charge in [-0.2, -0.15) is 0 Å². The van der Waals surface area contributed by atoms with Crippen LogP contribution in [0.5, 0.6) is 0 Å². The van der Waals surface area contributed by atoms with E-state index >= 15 is 0 Å². The number of hydrogen-bond donors (Lipinski definition) is 1. The molecule has 37 heavy (non-hydrogen) atoms. The van der Waals surface area contributed by atoms with Gasteiger partial charge in [0.25, 0.3) is 0 Å². The summed E-state index contributed by atoms with van der Waals surface area (Å²) in [7, 11) is -3.53. The van der Waals surface area contributed by atoms with Crippen LogP contribution in [-0.4, -0.2) is 56.6 Å². The first-order chi connectivity index (χ1) is 17.5. The van der Waals surface area contributed by atoms with Gasteiger partial charge in [0.1, 0.15) is 6.04 Å². The molecule has 0 aliphatic heterocycles. The average molecular weight is 530 g/mol. The van der Waals surface area contributed by atoms with Crippen LogP contribution < -0.4 is 9.62 Å². The largest absolute Gasteiger partial charge is 0.352 e. The van der Waals surface area contributed by atoms with Crippen molar-refractivity contribution in [2.24, 2.45) is 0 Å². The van der Waals surface area contributed by atoms with Crippen molar-refractivity contribution in [2.45, 2.75) is 78.8 Å². The number of hydrogen-bond acceptors (Lipinski definition) is 4. The van der Waals surface area contributed by atoms with E-state index < -0.39 is 16.1 Å². The van der Waals surface area contributed by atoms with Gasteiger partial charge in [0.15, 0.2) is 0 Å². The van der Waals surface area contributed by atoms with E-state index in [4.69, 9.17) is 0 Å². The molecule has 8 heteroatoms. The van der Waals surface area contributed by atoms with Gasteiger partial charge in [-0.15, -0.1) is 0 Å². The molecule has 2 rings (SSSR count). The molecule has 204 valence electrons. The van der Waals surface area contributed by atoms with Crippen LogP contribution in [0, 0.1) is 13.8 Å².